The Hall–Kier alpha value is -4.28. The van der Waals surface area contributed by atoms with Gasteiger partial charge in [-0.2, -0.15) is 5.10 Å². The molecule has 5 aliphatic rings. The van der Waals surface area contributed by atoms with Crippen molar-refractivity contribution >= 4 is 28.5 Å². The van der Waals surface area contributed by atoms with Crippen molar-refractivity contribution in [3.05, 3.63) is 71.9 Å². The standard InChI is InChI=1S/C35H37N7O3/c1-34(11-12-34)45-25-6-7-29-28(19-25)31(38-37-29)24-8-14-36-30(18-24)39-21-35(22-39)13-17-40(35)20-23-9-15-41(16-10-23)42-32(43)26-4-2-3-5-27(26)33(42)44/h2-8,14,18-19,23H,9-13,15-17,20-22H2,1H3,(H,37,38). The summed E-state index contributed by atoms with van der Waals surface area (Å²) in [5, 5.41) is 12.3. The van der Waals surface area contributed by atoms with Crippen LogP contribution in [0.4, 0.5) is 5.82 Å². The fraction of sp³-hybridized carbons (Fsp3) is 0.429. The molecule has 1 aliphatic carbocycles. The highest BCUT2D eigenvalue weighted by atomic mass is 16.5. The molecule has 0 atom stereocenters. The van der Waals surface area contributed by atoms with E-state index in [9.17, 15) is 9.59 Å². The van der Waals surface area contributed by atoms with Crippen LogP contribution in [0.25, 0.3) is 22.2 Å². The highest BCUT2D eigenvalue weighted by Gasteiger charge is 2.54. The zero-order chi connectivity index (χ0) is 30.3. The van der Waals surface area contributed by atoms with Crippen molar-refractivity contribution in [2.45, 2.75) is 50.2 Å². The van der Waals surface area contributed by atoms with Gasteiger partial charge in [-0.3, -0.25) is 19.6 Å². The molecular formula is C35H37N7O3. The van der Waals surface area contributed by atoms with Crippen LogP contribution in [0.5, 0.6) is 5.75 Å². The smallest absolute Gasteiger partial charge is 0.276 e. The van der Waals surface area contributed by atoms with Crippen LogP contribution in [-0.4, -0.2) is 92.3 Å². The van der Waals surface area contributed by atoms with Gasteiger partial charge in [0, 0.05) is 56.4 Å². The lowest BCUT2D eigenvalue weighted by molar-refractivity contribution is -0.0608. The lowest BCUT2D eigenvalue weighted by Gasteiger charge is -2.63. The molecular weight excluding hydrogens is 566 g/mol. The minimum absolute atomic E-state index is 0.0245. The van der Waals surface area contributed by atoms with E-state index in [-0.39, 0.29) is 23.0 Å². The number of benzene rings is 2. The van der Waals surface area contributed by atoms with Crippen molar-refractivity contribution in [3.8, 4) is 17.0 Å². The van der Waals surface area contributed by atoms with Gasteiger partial charge in [-0.1, -0.05) is 12.1 Å². The van der Waals surface area contributed by atoms with Gasteiger partial charge < -0.3 is 9.64 Å². The second-order valence-electron chi connectivity index (χ2n) is 13.9. The molecule has 1 N–H and O–H groups in total. The zero-order valence-electron chi connectivity index (χ0n) is 25.5. The van der Waals surface area contributed by atoms with Crippen LogP contribution >= 0.6 is 0 Å². The number of rotatable bonds is 7. The third-order valence-electron chi connectivity index (χ3n) is 10.8. The summed E-state index contributed by atoms with van der Waals surface area (Å²) < 4.78 is 6.23. The van der Waals surface area contributed by atoms with Crippen LogP contribution in [0.2, 0.25) is 0 Å². The van der Waals surface area contributed by atoms with E-state index in [1.54, 1.807) is 12.1 Å². The number of nitrogens with zero attached hydrogens (tertiary/aromatic N) is 6. The molecule has 6 heterocycles. The third-order valence-corrected chi connectivity index (χ3v) is 10.8. The number of likely N-dealkylation sites (tertiary alicyclic amines) is 1. The Balaban J connectivity index is 0.828. The van der Waals surface area contributed by atoms with Crippen molar-refractivity contribution in [1.29, 1.82) is 0 Å². The number of H-pyrrole nitrogens is 1. The number of carbonyl (C=O) groups is 2. The van der Waals surface area contributed by atoms with Crippen LogP contribution in [0.3, 0.4) is 0 Å². The molecule has 45 heavy (non-hydrogen) atoms. The van der Waals surface area contributed by atoms with Gasteiger partial charge >= 0.3 is 0 Å². The molecule has 1 spiro atoms. The predicted molar refractivity (Wildman–Crippen MR) is 170 cm³/mol. The molecule has 2 amide bonds. The Morgan fingerprint density at radius 3 is 2.38 bits per heavy atom. The highest BCUT2D eigenvalue weighted by Crippen LogP contribution is 2.43. The van der Waals surface area contributed by atoms with E-state index in [2.05, 4.69) is 39.1 Å². The molecule has 4 fully saturated rings. The third kappa shape index (κ3) is 4.45. The maximum absolute atomic E-state index is 12.9. The molecule has 4 aliphatic heterocycles. The summed E-state index contributed by atoms with van der Waals surface area (Å²) in [5.74, 6) is 2.07. The molecule has 3 saturated heterocycles. The van der Waals surface area contributed by atoms with E-state index in [0.717, 1.165) is 98.7 Å². The van der Waals surface area contributed by atoms with Crippen LogP contribution in [0, 0.1) is 5.92 Å². The first kappa shape index (κ1) is 27.1. The number of ether oxygens (including phenoxy) is 1. The van der Waals surface area contributed by atoms with E-state index in [4.69, 9.17) is 9.72 Å². The van der Waals surface area contributed by atoms with Crippen molar-refractivity contribution < 1.29 is 14.3 Å². The number of fused-ring (bicyclic) bond motifs is 2. The van der Waals surface area contributed by atoms with E-state index in [1.165, 1.54) is 11.4 Å². The number of amides is 2. The number of hydrazine groups is 1. The molecule has 4 aromatic rings. The van der Waals surface area contributed by atoms with Gasteiger partial charge in [0.2, 0.25) is 0 Å². The molecule has 10 nitrogen and oxygen atoms in total. The Bertz CT molecular complexity index is 1800. The molecule has 0 unspecified atom stereocenters. The van der Waals surface area contributed by atoms with Gasteiger partial charge in [0.1, 0.15) is 22.9 Å². The van der Waals surface area contributed by atoms with Crippen molar-refractivity contribution in [1.82, 2.24) is 30.1 Å². The number of imide groups is 1. The average Bonchev–Trinajstić information content (AvgIpc) is 3.50. The first-order chi connectivity index (χ1) is 21.9. The Labute approximate surface area is 261 Å². The number of piperidine rings is 1. The zero-order valence-corrected chi connectivity index (χ0v) is 25.5. The molecule has 2 aromatic heterocycles. The maximum atomic E-state index is 12.9. The summed E-state index contributed by atoms with van der Waals surface area (Å²) in [6.45, 7) is 7.78. The van der Waals surface area contributed by atoms with Crippen LogP contribution in [0.1, 0.15) is 59.7 Å². The Morgan fingerprint density at radius 1 is 0.933 bits per heavy atom. The van der Waals surface area contributed by atoms with E-state index in [0.29, 0.717) is 17.0 Å². The number of aromatic nitrogens is 3. The first-order valence-electron chi connectivity index (χ1n) is 16.2. The maximum Gasteiger partial charge on any atom is 0.276 e. The van der Waals surface area contributed by atoms with Gasteiger partial charge in [0.15, 0.2) is 0 Å². The van der Waals surface area contributed by atoms with E-state index < -0.39 is 0 Å². The molecule has 10 heteroatoms. The SMILES string of the molecule is CC1(Oc2ccc3[nH]nc(-c4ccnc(N5CC6(CCN6CC6CCN(N7C(=O)c8ccccc8C7=O)CC6)C5)c4)c3c2)CC1. The number of carbonyl (C=O) groups excluding carboxylic acids is 2. The lowest BCUT2D eigenvalue weighted by atomic mass is 9.76. The minimum Gasteiger partial charge on any atom is -0.488 e. The first-order valence-corrected chi connectivity index (χ1v) is 16.2. The molecule has 0 bridgehead atoms. The fourth-order valence-electron chi connectivity index (χ4n) is 7.68. The van der Waals surface area contributed by atoms with Crippen LogP contribution in [0.15, 0.2) is 60.8 Å². The summed E-state index contributed by atoms with van der Waals surface area (Å²) in [6, 6.07) is 17.5. The lowest BCUT2D eigenvalue weighted by Crippen LogP contribution is -2.77. The molecule has 2 aromatic carbocycles. The monoisotopic (exact) mass is 603 g/mol. The topological polar surface area (TPSA) is 97.9 Å². The normalized spacial score (nSPS) is 22.5. The van der Waals surface area contributed by atoms with E-state index in [1.807, 2.05) is 41.5 Å². The predicted octanol–water partition coefficient (Wildman–Crippen LogP) is 4.74. The molecule has 230 valence electrons. The number of aromatic amines is 1. The summed E-state index contributed by atoms with van der Waals surface area (Å²) in [7, 11) is 0. The fourth-order valence-corrected chi connectivity index (χ4v) is 7.68. The van der Waals surface area contributed by atoms with E-state index >= 15 is 0 Å². The van der Waals surface area contributed by atoms with Gasteiger partial charge in [-0.25, -0.2) is 15.0 Å². The highest BCUT2D eigenvalue weighted by molar-refractivity contribution is 6.20. The summed E-state index contributed by atoms with van der Waals surface area (Å²) in [6.07, 6.45) is 7.27. The van der Waals surface area contributed by atoms with Crippen LogP contribution in [-0.2, 0) is 0 Å². The Morgan fingerprint density at radius 2 is 1.69 bits per heavy atom. The van der Waals surface area contributed by atoms with Gasteiger partial charge in [-0.05, 0) is 87.4 Å². The van der Waals surface area contributed by atoms with Crippen molar-refractivity contribution in [2.75, 3.05) is 44.2 Å². The second kappa shape index (κ2) is 9.86. The number of nitrogens with one attached hydrogen (secondary N) is 1. The van der Waals surface area contributed by atoms with Crippen molar-refractivity contribution in [2.24, 2.45) is 5.92 Å². The number of anilines is 1. The quantitative estimate of drug-likeness (QED) is 0.303. The summed E-state index contributed by atoms with van der Waals surface area (Å²) >= 11 is 0. The summed E-state index contributed by atoms with van der Waals surface area (Å²) in [4.78, 5) is 35.7. The number of pyridine rings is 1. The van der Waals surface area contributed by atoms with Gasteiger partial charge in [0.25, 0.3) is 11.8 Å². The number of hydrogen-bond acceptors (Lipinski definition) is 8. The average molecular weight is 604 g/mol. The van der Waals surface area contributed by atoms with Gasteiger partial charge in [0.05, 0.1) is 22.2 Å². The molecule has 1 saturated carbocycles. The number of hydrogen-bond donors (Lipinski definition) is 1. The second-order valence-corrected chi connectivity index (χ2v) is 13.9. The molecule has 9 rings (SSSR count). The summed E-state index contributed by atoms with van der Waals surface area (Å²) in [5.41, 5.74) is 4.21. The van der Waals surface area contributed by atoms with Crippen molar-refractivity contribution in [3.63, 3.8) is 0 Å². The van der Waals surface area contributed by atoms with Crippen LogP contribution < -0.4 is 9.64 Å². The molecule has 0 radical (unpaired) electrons. The van der Waals surface area contributed by atoms with Gasteiger partial charge in [-0.15, -0.1) is 0 Å². The minimum atomic E-state index is -0.190. The Kier molecular flexibility index (Phi) is 5.93. The largest absolute Gasteiger partial charge is 0.488 e.